The monoisotopic (exact) mass is 401 g/mol. The van der Waals surface area contributed by atoms with Crippen LogP contribution in [0.3, 0.4) is 0 Å². The van der Waals surface area contributed by atoms with Crippen molar-refractivity contribution in [1.82, 2.24) is 15.1 Å². The summed E-state index contributed by atoms with van der Waals surface area (Å²) in [6.07, 6.45) is 0.990. The first-order valence-electron chi connectivity index (χ1n) is 9.60. The lowest BCUT2D eigenvalue weighted by molar-refractivity contribution is -0.122. The summed E-state index contributed by atoms with van der Waals surface area (Å²) >= 11 is 6.09. The number of amides is 1. The van der Waals surface area contributed by atoms with Crippen LogP contribution in [-0.4, -0.2) is 55.5 Å². The lowest BCUT2D eigenvalue weighted by Gasteiger charge is -2.20. The summed E-state index contributed by atoms with van der Waals surface area (Å²) in [5, 5.41) is 3.84. The van der Waals surface area contributed by atoms with Gasteiger partial charge in [0.15, 0.2) is 0 Å². The zero-order chi connectivity index (χ0) is 19.9. The molecule has 0 aliphatic carbocycles. The van der Waals surface area contributed by atoms with Gasteiger partial charge < -0.3 is 10.1 Å². The third kappa shape index (κ3) is 5.96. The van der Waals surface area contributed by atoms with Crippen LogP contribution < -0.4 is 10.1 Å². The summed E-state index contributed by atoms with van der Waals surface area (Å²) in [7, 11) is 3.57. The molecule has 0 spiro atoms. The van der Waals surface area contributed by atoms with Gasteiger partial charge >= 0.3 is 0 Å². The van der Waals surface area contributed by atoms with Gasteiger partial charge in [0.2, 0.25) is 5.91 Å². The van der Waals surface area contributed by atoms with Gasteiger partial charge in [-0.3, -0.25) is 14.6 Å². The molecule has 0 radical (unpaired) electrons. The number of carbonyl (C=O) groups is 1. The molecule has 1 heterocycles. The van der Waals surface area contributed by atoms with E-state index in [0.29, 0.717) is 18.1 Å². The Balaban J connectivity index is 1.45. The van der Waals surface area contributed by atoms with Crippen LogP contribution in [0.2, 0.25) is 5.02 Å². The number of likely N-dealkylation sites (N-methyl/N-ethyl adjacent to an activating group) is 1. The van der Waals surface area contributed by atoms with Crippen LogP contribution in [0.1, 0.15) is 17.5 Å². The molecule has 0 saturated carbocycles. The molecule has 150 valence electrons. The number of benzene rings is 2. The molecule has 0 unspecified atom stereocenters. The van der Waals surface area contributed by atoms with Gasteiger partial charge in [0.25, 0.3) is 0 Å². The number of hydrogen-bond donors (Lipinski definition) is 1. The molecule has 5 nitrogen and oxygen atoms in total. The molecule has 1 atom stereocenters. The first kappa shape index (κ1) is 20.6. The van der Waals surface area contributed by atoms with Crippen molar-refractivity contribution in [2.75, 3.05) is 33.8 Å². The highest BCUT2D eigenvalue weighted by Crippen LogP contribution is 2.23. The third-order valence-electron chi connectivity index (χ3n) is 4.98. The van der Waals surface area contributed by atoms with Crippen molar-refractivity contribution >= 4 is 17.5 Å². The molecule has 0 bridgehead atoms. The van der Waals surface area contributed by atoms with Crippen molar-refractivity contribution in [3.05, 3.63) is 64.7 Å². The third-order valence-corrected chi connectivity index (χ3v) is 5.22. The molecule has 1 aliphatic rings. The van der Waals surface area contributed by atoms with Crippen LogP contribution in [-0.2, 0) is 17.9 Å². The minimum atomic E-state index is 0.0510. The Hall–Kier alpha value is -2.08. The van der Waals surface area contributed by atoms with Crippen LogP contribution in [0.15, 0.2) is 48.5 Å². The van der Waals surface area contributed by atoms with Crippen LogP contribution in [0.4, 0.5) is 0 Å². The molecule has 2 aromatic carbocycles. The molecule has 1 amide bonds. The average Bonchev–Trinajstić information content (AvgIpc) is 3.09. The zero-order valence-corrected chi connectivity index (χ0v) is 17.3. The van der Waals surface area contributed by atoms with Gasteiger partial charge in [-0.25, -0.2) is 0 Å². The normalized spacial score (nSPS) is 17.1. The van der Waals surface area contributed by atoms with Gasteiger partial charge in [-0.15, -0.1) is 0 Å². The second kappa shape index (κ2) is 9.92. The molecule has 0 aromatic heterocycles. The fraction of sp³-hybridized carbons (Fsp3) is 0.409. The van der Waals surface area contributed by atoms with E-state index in [-0.39, 0.29) is 11.9 Å². The van der Waals surface area contributed by atoms with E-state index in [2.05, 4.69) is 34.5 Å². The Kier molecular flexibility index (Phi) is 7.31. The fourth-order valence-corrected chi connectivity index (χ4v) is 3.87. The first-order chi connectivity index (χ1) is 13.5. The van der Waals surface area contributed by atoms with Crippen molar-refractivity contribution in [2.24, 2.45) is 0 Å². The Morgan fingerprint density at radius 3 is 2.82 bits per heavy atom. The molecule has 1 fully saturated rings. The Morgan fingerprint density at radius 2 is 2.07 bits per heavy atom. The van der Waals surface area contributed by atoms with Gasteiger partial charge in [-0.05, 0) is 37.2 Å². The number of nitrogens with one attached hydrogen (secondary N) is 1. The lowest BCUT2D eigenvalue weighted by Crippen LogP contribution is -2.42. The molecule has 28 heavy (non-hydrogen) atoms. The van der Waals surface area contributed by atoms with E-state index in [1.165, 1.54) is 5.56 Å². The van der Waals surface area contributed by atoms with E-state index in [4.69, 9.17) is 16.3 Å². The van der Waals surface area contributed by atoms with Crippen molar-refractivity contribution in [3.8, 4) is 5.75 Å². The van der Waals surface area contributed by atoms with Crippen molar-refractivity contribution in [2.45, 2.75) is 25.6 Å². The summed E-state index contributed by atoms with van der Waals surface area (Å²) in [5.74, 6) is 0.832. The number of carbonyl (C=O) groups excluding carboxylic acids is 1. The summed E-state index contributed by atoms with van der Waals surface area (Å²) in [4.78, 5) is 16.8. The molecule has 3 rings (SSSR count). The summed E-state index contributed by atoms with van der Waals surface area (Å²) in [6.45, 7) is 3.77. The molecule has 1 N–H and O–H groups in total. The predicted octanol–water partition coefficient (Wildman–Crippen LogP) is 3.17. The van der Waals surface area contributed by atoms with E-state index in [1.807, 2.05) is 30.1 Å². The van der Waals surface area contributed by atoms with E-state index < -0.39 is 0 Å². The maximum absolute atomic E-state index is 12.5. The largest absolute Gasteiger partial charge is 0.496 e. The number of hydrogen-bond acceptors (Lipinski definition) is 4. The predicted molar refractivity (Wildman–Crippen MR) is 113 cm³/mol. The lowest BCUT2D eigenvalue weighted by atomic mass is 10.2. The Morgan fingerprint density at radius 1 is 1.29 bits per heavy atom. The number of likely N-dealkylation sites (tertiary alicyclic amines) is 1. The Bertz CT molecular complexity index is 785. The number of halogens is 1. The van der Waals surface area contributed by atoms with Gasteiger partial charge in [0.1, 0.15) is 5.75 Å². The van der Waals surface area contributed by atoms with Crippen molar-refractivity contribution < 1.29 is 9.53 Å². The van der Waals surface area contributed by atoms with Crippen LogP contribution >= 0.6 is 11.6 Å². The van der Waals surface area contributed by atoms with E-state index >= 15 is 0 Å². The highest BCUT2D eigenvalue weighted by atomic mass is 35.5. The molecule has 6 heteroatoms. The Labute approximate surface area is 172 Å². The standard InChI is InChI=1S/C22H28ClN3O2/c1-25(14-18-12-19(23)8-9-21(18)28-2)16-22(27)24-20-10-11-26(15-20)13-17-6-4-3-5-7-17/h3-9,12,20H,10-11,13-16H2,1-2H3,(H,24,27)/t20-/m0/s1. The smallest absolute Gasteiger partial charge is 0.234 e. The number of rotatable bonds is 8. The van der Waals surface area contributed by atoms with E-state index in [1.54, 1.807) is 13.2 Å². The quantitative estimate of drug-likeness (QED) is 0.738. The molecular formula is C22H28ClN3O2. The maximum Gasteiger partial charge on any atom is 0.234 e. The fourth-order valence-electron chi connectivity index (χ4n) is 3.67. The van der Waals surface area contributed by atoms with Gasteiger partial charge in [0.05, 0.1) is 13.7 Å². The molecule has 1 aliphatic heterocycles. The molecule has 2 aromatic rings. The van der Waals surface area contributed by atoms with Crippen LogP contribution in [0.25, 0.3) is 0 Å². The molecule has 1 saturated heterocycles. The number of methoxy groups -OCH3 is 1. The summed E-state index contributed by atoms with van der Waals surface area (Å²) in [5.41, 5.74) is 2.28. The van der Waals surface area contributed by atoms with Gasteiger partial charge in [0, 0.05) is 42.8 Å². The topological polar surface area (TPSA) is 44.8 Å². The van der Waals surface area contributed by atoms with E-state index in [9.17, 15) is 4.79 Å². The minimum absolute atomic E-state index is 0.0510. The highest BCUT2D eigenvalue weighted by molar-refractivity contribution is 6.30. The number of ether oxygens (including phenoxy) is 1. The summed E-state index contributed by atoms with van der Waals surface area (Å²) < 4.78 is 5.38. The zero-order valence-electron chi connectivity index (χ0n) is 16.5. The summed E-state index contributed by atoms with van der Waals surface area (Å²) in [6, 6.07) is 16.2. The highest BCUT2D eigenvalue weighted by Gasteiger charge is 2.24. The molecular weight excluding hydrogens is 374 g/mol. The van der Waals surface area contributed by atoms with Gasteiger partial charge in [-0.1, -0.05) is 41.9 Å². The minimum Gasteiger partial charge on any atom is -0.496 e. The maximum atomic E-state index is 12.5. The van der Waals surface area contributed by atoms with Crippen molar-refractivity contribution in [3.63, 3.8) is 0 Å². The average molecular weight is 402 g/mol. The number of nitrogens with zero attached hydrogens (tertiary/aromatic N) is 2. The SMILES string of the molecule is COc1ccc(Cl)cc1CN(C)CC(=O)N[C@H]1CCN(Cc2ccccc2)C1. The second-order valence-electron chi connectivity index (χ2n) is 7.40. The van der Waals surface area contributed by atoms with E-state index in [0.717, 1.165) is 37.4 Å². The van der Waals surface area contributed by atoms with Crippen LogP contribution in [0, 0.1) is 0 Å². The van der Waals surface area contributed by atoms with Crippen LogP contribution in [0.5, 0.6) is 5.75 Å². The van der Waals surface area contributed by atoms with Crippen molar-refractivity contribution in [1.29, 1.82) is 0 Å². The second-order valence-corrected chi connectivity index (χ2v) is 7.84. The van der Waals surface area contributed by atoms with Gasteiger partial charge in [-0.2, -0.15) is 0 Å². The first-order valence-corrected chi connectivity index (χ1v) is 9.98.